The largest absolute Gasteiger partial charge is 0.459 e. The summed E-state index contributed by atoms with van der Waals surface area (Å²) in [4.78, 5) is 11.1. The molecule has 2 aromatic rings. The van der Waals surface area contributed by atoms with Gasteiger partial charge in [-0.25, -0.2) is 0 Å². The van der Waals surface area contributed by atoms with E-state index in [1.54, 1.807) is 24.3 Å². The number of furan rings is 1. The van der Waals surface area contributed by atoms with Crippen molar-refractivity contribution in [3.63, 3.8) is 0 Å². The summed E-state index contributed by atoms with van der Waals surface area (Å²) < 4.78 is 5.00. The maximum absolute atomic E-state index is 11.1. The predicted octanol–water partition coefficient (Wildman–Crippen LogP) is 2.95. The first-order valence-corrected chi connectivity index (χ1v) is 5.18. The van der Waals surface area contributed by atoms with Crippen LogP contribution in [0.25, 0.3) is 11.1 Å². The van der Waals surface area contributed by atoms with Crippen LogP contribution in [0.2, 0.25) is 10.0 Å². The number of amides is 1. The molecule has 1 heterocycles. The Balaban J connectivity index is 0.00000144. The second-order valence-electron chi connectivity index (χ2n) is 3.15. The summed E-state index contributed by atoms with van der Waals surface area (Å²) in [6.45, 7) is 0. The minimum atomic E-state index is -0.633. The van der Waals surface area contributed by atoms with Crippen LogP contribution in [0.4, 0.5) is 0 Å². The van der Waals surface area contributed by atoms with Gasteiger partial charge in [0, 0.05) is 16.1 Å². The summed E-state index contributed by atoms with van der Waals surface area (Å²) in [5.74, 6) is -0.546. The third-order valence-corrected chi connectivity index (χ3v) is 2.66. The van der Waals surface area contributed by atoms with Gasteiger partial charge in [0.25, 0.3) is 5.91 Å². The van der Waals surface area contributed by atoms with Crippen LogP contribution >= 0.6 is 35.6 Å². The fourth-order valence-electron chi connectivity index (χ4n) is 1.42. The molecular weight excluding hydrogens is 300 g/mol. The topological polar surface area (TPSA) is 87.7 Å². The standard InChI is InChI=1S/C11H7Cl2NO2.ClH.H2O/c12-6-1-2-7(9(13)5-6)8-3-4-16-10(8)11(14)15;;/h1-5H,(H2,14,15);1H;1H2. The van der Waals surface area contributed by atoms with E-state index < -0.39 is 5.91 Å². The van der Waals surface area contributed by atoms with Crippen molar-refractivity contribution in [1.29, 1.82) is 0 Å². The van der Waals surface area contributed by atoms with Gasteiger partial charge in [0.05, 0.1) is 11.3 Å². The highest BCUT2D eigenvalue weighted by molar-refractivity contribution is 6.36. The van der Waals surface area contributed by atoms with Gasteiger partial charge in [0.1, 0.15) is 0 Å². The molecule has 0 atom stereocenters. The average molecular weight is 311 g/mol. The van der Waals surface area contributed by atoms with Crippen molar-refractivity contribution in [2.24, 2.45) is 5.73 Å². The summed E-state index contributed by atoms with van der Waals surface area (Å²) in [5.41, 5.74) is 6.40. The van der Waals surface area contributed by atoms with Gasteiger partial charge in [-0.3, -0.25) is 4.79 Å². The van der Waals surface area contributed by atoms with Crippen molar-refractivity contribution in [3.05, 3.63) is 46.3 Å². The number of nitrogens with two attached hydrogens (primary N) is 1. The molecule has 0 unspecified atom stereocenters. The molecule has 7 heteroatoms. The van der Waals surface area contributed by atoms with E-state index in [1.165, 1.54) is 6.26 Å². The van der Waals surface area contributed by atoms with Gasteiger partial charge in [-0.1, -0.05) is 29.3 Å². The normalized spacial score (nSPS) is 9.22. The first-order chi connectivity index (χ1) is 7.59. The lowest BCUT2D eigenvalue weighted by Gasteiger charge is -2.03. The van der Waals surface area contributed by atoms with Crippen LogP contribution in [0, 0.1) is 0 Å². The molecule has 0 radical (unpaired) electrons. The van der Waals surface area contributed by atoms with Crippen LogP contribution < -0.4 is 5.73 Å². The Morgan fingerprint density at radius 3 is 2.39 bits per heavy atom. The van der Waals surface area contributed by atoms with E-state index in [-0.39, 0.29) is 23.6 Å². The SMILES string of the molecule is Cl.NC(=O)c1occc1-c1ccc(Cl)cc1Cl.O. The lowest BCUT2D eigenvalue weighted by Crippen LogP contribution is -2.10. The minimum Gasteiger partial charge on any atom is -0.459 e. The van der Waals surface area contributed by atoms with Crippen LogP contribution in [0.1, 0.15) is 10.6 Å². The second-order valence-corrected chi connectivity index (χ2v) is 4.00. The smallest absolute Gasteiger partial charge is 0.285 e. The summed E-state index contributed by atoms with van der Waals surface area (Å²) in [6.07, 6.45) is 1.39. The number of benzene rings is 1. The number of primary amides is 1. The molecule has 0 bridgehead atoms. The lowest BCUT2D eigenvalue weighted by molar-refractivity contribution is 0.0975. The van der Waals surface area contributed by atoms with E-state index in [0.29, 0.717) is 21.2 Å². The van der Waals surface area contributed by atoms with Gasteiger partial charge >= 0.3 is 0 Å². The number of hydrogen-bond acceptors (Lipinski definition) is 2. The molecule has 0 saturated heterocycles. The molecule has 0 aliphatic carbocycles. The monoisotopic (exact) mass is 309 g/mol. The Bertz CT molecular complexity index is 554. The second kappa shape index (κ2) is 6.66. The molecule has 18 heavy (non-hydrogen) atoms. The first kappa shape index (κ1) is 16.8. The fraction of sp³-hybridized carbons (Fsp3) is 0. The molecule has 0 spiro atoms. The van der Waals surface area contributed by atoms with Crippen molar-refractivity contribution < 1.29 is 14.7 Å². The zero-order valence-corrected chi connectivity index (χ0v) is 11.3. The third-order valence-electron chi connectivity index (χ3n) is 2.11. The first-order valence-electron chi connectivity index (χ1n) is 4.42. The van der Waals surface area contributed by atoms with Gasteiger partial charge < -0.3 is 15.6 Å². The zero-order valence-electron chi connectivity index (χ0n) is 8.94. The number of hydrogen-bond donors (Lipinski definition) is 1. The van der Waals surface area contributed by atoms with E-state index in [9.17, 15) is 4.79 Å². The van der Waals surface area contributed by atoms with Crippen LogP contribution in [-0.4, -0.2) is 11.4 Å². The van der Waals surface area contributed by atoms with E-state index in [0.717, 1.165) is 0 Å². The molecule has 4 nitrogen and oxygen atoms in total. The number of halogens is 3. The summed E-state index contributed by atoms with van der Waals surface area (Å²) in [5, 5.41) is 0.967. The Morgan fingerprint density at radius 2 is 1.83 bits per heavy atom. The highest BCUT2D eigenvalue weighted by Gasteiger charge is 2.15. The molecule has 0 aliphatic heterocycles. The molecule has 1 amide bonds. The molecule has 0 fully saturated rings. The Labute approximate surface area is 119 Å². The number of carbonyl (C=O) groups is 1. The molecular formula is C11H10Cl3NO3. The van der Waals surface area contributed by atoms with Crippen molar-refractivity contribution in [1.82, 2.24) is 0 Å². The molecule has 98 valence electrons. The molecule has 1 aromatic heterocycles. The Kier molecular flexibility index (Phi) is 6.21. The van der Waals surface area contributed by atoms with Crippen LogP contribution in [0.5, 0.6) is 0 Å². The van der Waals surface area contributed by atoms with Gasteiger partial charge in [-0.15, -0.1) is 12.4 Å². The predicted molar refractivity (Wildman–Crippen MR) is 73.5 cm³/mol. The minimum absolute atomic E-state index is 0. The van der Waals surface area contributed by atoms with E-state index in [1.807, 2.05) is 0 Å². The molecule has 0 saturated carbocycles. The quantitative estimate of drug-likeness (QED) is 0.924. The van der Waals surface area contributed by atoms with Crippen molar-refractivity contribution in [3.8, 4) is 11.1 Å². The zero-order chi connectivity index (χ0) is 11.7. The van der Waals surface area contributed by atoms with E-state index in [4.69, 9.17) is 33.4 Å². The van der Waals surface area contributed by atoms with Crippen LogP contribution in [-0.2, 0) is 0 Å². The molecule has 1 aromatic carbocycles. The summed E-state index contributed by atoms with van der Waals surface area (Å²) >= 11 is 11.8. The molecule has 4 N–H and O–H groups in total. The molecule has 2 rings (SSSR count). The highest BCUT2D eigenvalue weighted by atomic mass is 35.5. The van der Waals surface area contributed by atoms with Crippen LogP contribution in [0.3, 0.4) is 0 Å². The Morgan fingerprint density at radius 1 is 1.17 bits per heavy atom. The fourth-order valence-corrected chi connectivity index (χ4v) is 1.93. The summed E-state index contributed by atoms with van der Waals surface area (Å²) in [6, 6.07) is 6.62. The average Bonchev–Trinajstić information content (AvgIpc) is 2.66. The van der Waals surface area contributed by atoms with Crippen molar-refractivity contribution in [2.75, 3.05) is 0 Å². The van der Waals surface area contributed by atoms with Gasteiger partial charge in [0.2, 0.25) is 0 Å². The maximum Gasteiger partial charge on any atom is 0.285 e. The maximum atomic E-state index is 11.1. The van der Waals surface area contributed by atoms with E-state index >= 15 is 0 Å². The van der Waals surface area contributed by atoms with Crippen molar-refractivity contribution >= 4 is 41.5 Å². The lowest BCUT2D eigenvalue weighted by atomic mass is 10.1. The summed E-state index contributed by atoms with van der Waals surface area (Å²) in [7, 11) is 0. The van der Waals surface area contributed by atoms with Gasteiger partial charge in [-0.05, 0) is 18.2 Å². The molecule has 0 aliphatic rings. The van der Waals surface area contributed by atoms with Crippen molar-refractivity contribution in [2.45, 2.75) is 0 Å². The van der Waals surface area contributed by atoms with Crippen LogP contribution in [0.15, 0.2) is 34.9 Å². The highest BCUT2D eigenvalue weighted by Crippen LogP contribution is 2.32. The Hall–Kier alpha value is -1.20. The number of rotatable bonds is 2. The number of carbonyl (C=O) groups excluding carboxylic acids is 1. The van der Waals surface area contributed by atoms with Gasteiger partial charge in [-0.2, -0.15) is 0 Å². The van der Waals surface area contributed by atoms with E-state index in [2.05, 4.69) is 0 Å². The third kappa shape index (κ3) is 3.17. The van der Waals surface area contributed by atoms with Gasteiger partial charge in [0.15, 0.2) is 5.76 Å².